The molecule has 0 aliphatic carbocycles. The molecule has 16 heteroatoms. The molecular weight excluding hydrogens is 548 g/mol. The number of imidazole rings is 1. The van der Waals surface area contributed by atoms with Gasteiger partial charge in [0.05, 0.1) is 6.33 Å². The van der Waals surface area contributed by atoms with E-state index < -0.39 is 66.2 Å². The van der Waals surface area contributed by atoms with Crippen LogP contribution in [0.2, 0.25) is 5.15 Å². The second kappa shape index (κ2) is 13.9. The van der Waals surface area contributed by atoms with Gasteiger partial charge < -0.3 is 23.7 Å². The molecule has 38 heavy (non-hydrogen) atoms. The molecule has 0 aliphatic heterocycles. The number of carbonyl (C=O) groups excluding carboxylic acids is 5. The highest BCUT2D eigenvalue weighted by atomic mass is 35.5. The van der Waals surface area contributed by atoms with E-state index in [0.29, 0.717) is 0 Å². The lowest BCUT2D eigenvalue weighted by atomic mass is 10.0. The molecule has 0 bridgehead atoms. The summed E-state index contributed by atoms with van der Waals surface area (Å²) >= 11 is 7.29. The van der Waals surface area contributed by atoms with Crippen molar-refractivity contribution in [2.24, 2.45) is 0 Å². The number of ether oxygens (including phenoxy) is 5. The molecule has 208 valence electrons. The third-order valence-electron chi connectivity index (χ3n) is 4.80. The molecular formula is C22H27ClN4O10S. The van der Waals surface area contributed by atoms with Crippen LogP contribution in [-0.4, -0.2) is 86.6 Å². The quantitative estimate of drug-likeness (QED) is 0.203. The number of hydrogen-bond acceptors (Lipinski definition) is 14. The minimum atomic E-state index is -1.58. The first-order chi connectivity index (χ1) is 17.8. The second-order valence-electron chi connectivity index (χ2n) is 7.79. The van der Waals surface area contributed by atoms with Gasteiger partial charge in [-0.25, -0.2) is 15.0 Å². The van der Waals surface area contributed by atoms with Crippen LogP contribution in [0.5, 0.6) is 0 Å². The Balaban J connectivity index is 2.72. The van der Waals surface area contributed by atoms with Gasteiger partial charge in [0.2, 0.25) is 0 Å². The van der Waals surface area contributed by atoms with Gasteiger partial charge in [-0.15, -0.1) is 11.8 Å². The minimum absolute atomic E-state index is 0.0725. The standard InChI is InChI=1S/C22H27ClN4O10S/c1-10(28)33-7-15(34-11(2)29)17(35-12(3)30)18(36-13(4)31)19(37-14(5)32)22(38-6)27-9-26-16-20(23)24-8-25-21(16)27/h8-9,15,17-19,22H,7H2,1-6H3/t15-,17+,18-,19-,22-/m0/s1. The lowest BCUT2D eigenvalue weighted by Crippen LogP contribution is -2.54. The van der Waals surface area contributed by atoms with Crippen LogP contribution in [0.4, 0.5) is 0 Å². The lowest BCUT2D eigenvalue weighted by Gasteiger charge is -2.38. The zero-order chi connectivity index (χ0) is 28.6. The first-order valence-corrected chi connectivity index (χ1v) is 12.7. The Morgan fingerprint density at radius 1 is 0.816 bits per heavy atom. The molecule has 2 aromatic heterocycles. The van der Waals surface area contributed by atoms with Gasteiger partial charge in [-0.1, -0.05) is 11.6 Å². The van der Waals surface area contributed by atoms with E-state index in [-0.39, 0.29) is 16.3 Å². The maximum absolute atomic E-state index is 12.3. The van der Waals surface area contributed by atoms with Gasteiger partial charge in [0, 0.05) is 34.6 Å². The molecule has 0 amide bonds. The fraction of sp³-hybridized carbons (Fsp3) is 0.545. The summed E-state index contributed by atoms with van der Waals surface area (Å²) in [7, 11) is 0. The molecule has 5 atom stereocenters. The molecule has 0 aliphatic rings. The maximum Gasteiger partial charge on any atom is 0.303 e. The zero-order valence-corrected chi connectivity index (χ0v) is 23.0. The van der Waals surface area contributed by atoms with Crippen molar-refractivity contribution in [3.05, 3.63) is 17.8 Å². The van der Waals surface area contributed by atoms with E-state index in [1.165, 1.54) is 17.2 Å². The van der Waals surface area contributed by atoms with Crippen molar-refractivity contribution < 1.29 is 47.7 Å². The van der Waals surface area contributed by atoms with E-state index in [0.717, 1.165) is 46.4 Å². The van der Waals surface area contributed by atoms with E-state index in [9.17, 15) is 24.0 Å². The number of halogens is 1. The van der Waals surface area contributed by atoms with Gasteiger partial charge >= 0.3 is 29.8 Å². The van der Waals surface area contributed by atoms with Crippen molar-refractivity contribution >= 4 is 64.4 Å². The minimum Gasteiger partial charge on any atom is -0.462 e. The molecule has 0 spiro atoms. The summed E-state index contributed by atoms with van der Waals surface area (Å²) in [6, 6.07) is 0. The number of fused-ring (bicyclic) bond motifs is 1. The van der Waals surface area contributed by atoms with Crippen LogP contribution in [0.25, 0.3) is 11.2 Å². The predicted molar refractivity (Wildman–Crippen MR) is 132 cm³/mol. The number of aromatic nitrogens is 4. The summed E-state index contributed by atoms with van der Waals surface area (Å²) < 4.78 is 28.4. The van der Waals surface area contributed by atoms with Crippen LogP contribution < -0.4 is 0 Å². The Labute approximate surface area is 226 Å². The maximum atomic E-state index is 12.3. The monoisotopic (exact) mass is 574 g/mol. The fourth-order valence-corrected chi connectivity index (χ4v) is 4.60. The highest BCUT2D eigenvalue weighted by Crippen LogP contribution is 2.35. The molecule has 0 unspecified atom stereocenters. The molecule has 2 heterocycles. The summed E-state index contributed by atoms with van der Waals surface area (Å²) in [5, 5.41) is -0.827. The first-order valence-electron chi connectivity index (χ1n) is 11.0. The van der Waals surface area contributed by atoms with Crippen molar-refractivity contribution in [1.82, 2.24) is 19.5 Å². The Kier molecular flexibility index (Phi) is 11.3. The summed E-state index contributed by atoms with van der Waals surface area (Å²) in [6.45, 7) is 4.94. The molecule has 0 saturated carbocycles. The van der Waals surface area contributed by atoms with Crippen LogP contribution in [-0.2, 0) is 47.7 Å². The molecule has 2 aromatic rings. The van der Waals surface area contributed by atoms with Crippen molar-refractivity contribution in [1.29, 1.82) is 0 Å². The third kappa shape index (κ3) is 8.28. The van der Waals surface area contributed by atoms with E-state index in [1.807, 2.05) is 0 Å². The molecule has 0 saturated heterocycles. The SMILES string of the molecule is CS[C@@H]([C@@H](OC(C)=O)[C@@H](OC(C)=O)[C@H](OC(C)=O)[C@H](COC(C)=O)OC(C)=O)n1cnc2c(Cl)ncnc21. The van der Waals surface area contributed by atoms with Gasteiger partial charge in [-0.05, 0) is 6.26 Å². The van der Waals surface area contributed by atoms with Gasteiger partial charge in [0.15, 0.2) is 35.2 Å². The van der Waals surface area contributed by atoms with Crippen molar-refractivity contribution in [2.45, 2.75) is 64.4 Å². The number of esters is 5. The van der Waals surface area contributed by atoms with Crippen molar-refractivity contribution in [3.63, 3.8) is 0 Å². The van der Waals surface area contributed by atoms with Crippen LogP contribution >= 0.6 is 23.4 Å². The second-order valence-corrected chi connectivity index (χ2v) is 9.10. The third-order valence-corrected chi connectivity index (χ3v) is 6.05. The fourth-order valence-electron chi connectivity index (χ4n) is 3.56. The van der Waals surface area contributed by atoms with Crippen LogP contribution in [0.3, 0.4) is 0 Å². The number of nitrogens with zero attached hydrogens (tertiary/aromatic N) is 4. The largest absolute Gasteiger partial charge is 0.462 e. The zero-order valence-electron chi connectivity index (χ0n) is 21.4. The van der Waals surface area contributed by atoms with Gasteiger partial charge in [0.1, 0.15) is 23.8 Å². The number of rotatable bonds is 12. The average Bonchev–Trinajstić information content (AvgIpc) is 3.23. The summed E-state index contributed by atoms with van der Waals surface area (Å²) in [4.78, 5) is 72.3. The van der Waals surface area contributed by atoms with E-state index in [2.05, 4.69) is 15.0 Å². The van der Waals surface area contributed by atoms with Gasteiger partial charge in [-0.3, -0.25) is 28.5 Å². The number of carbonyl (C=O) groups is 5. The van der Waals surface area contributed by atoms with E-state index in [1.54, 1.807) is 6.26 Å². The first kappa shape index (κ1) is 30.8. The smallest absolute Gasteiger partial charge is 0.303 e. The summed E-state index contributed by atoms with van der Waals surface area (Å²) in [5.74, 6) is -3.97. The Morgan fingerprint density at radius 3 is 1.89 bits per heavy atom. The lowest BCUT2D eigenvalue weighted by molar-refractivity contribution is -0.203. The molecule has 14 nitrogen and oxygen atoms in total. The van der Waals surface area contributed by atoms with E-state index in [4.69, 9.17) is 35.3 Å². The van der Waals surface area contributed by atoms with E-state index >= 15 is 0 Å². The Bertz CT molecular complexity index is 1190. The summed E-state index contributed by atoms with van der Waals surface area (Å²) in [5.41, 5.74) is 0.520. The Morgan fingerprint density at radius 2 is 1.37 bits per heavy atom. The van der Waals surface area contributed by atoms with Crippen LogP contribution in [0.15, 0.2) is 12.7 Å². The topological polar surface area (TPSA) is 175 Å². The van der Waals surface area contributed by atoms with Crippen molar-refractivity contribution in [3.8, 4) is 0 Å². The molecule has 0 aromatic carbocycles. The van der Waals surface area contributed by atoms with Gasteiger partial charge in [0.25, 0.3) is 0 Å². The van der Waals surface area contributed by atoms with Gasteiger partial charge in [-0.2, -0.15) is 0 Å². The summed E-state index contributed by atoms with van der Waals surface area (Å²) in [6.07, 6.45) is -1.71. The number of thioether (sulfide) groups is 1. The normalized spacial score (nSPS) is 14.9. The molecule has 2 rings (SSSR count). The highest BCUT2D eigenvalue weighted by molar-refractivity contribution is 7.98. The van der Waals surface area contributed by atoms with Crippen molar-refractivity contribution in [2.75, 3.05) is 12.9 Å². The van der Waals surface area contributed by atoms with Crippen LogP contribution in [0.1, 0.15) is 40.0 Å². The highest BCUT2D eigenvalue weighted by Gasteiger charge is 2.47. The predicted octanol–water partition coefficient (Wildman–Crippen LogP) is 1.63. The molecule has 0 N–H and O–H groups in total. The number of hydrogen-bond donors (Lipinski definition) is 0. The molecule has 0 fully saturated rings. The average molecular weight is 575 g/mol. The molecule has 0 radical (unpaired) electrons. The van der Waals surface area contributed by atoms with Crippen LogP contribution in [0, 0.1) is 0 Å². The Hall–Kier alpha value is -3.46.